The summed E-state index contributed by atoms with van der Waals surface area (Å²) in [7, 11) is 0. The van der Waals surface area contributed by atoms with E-state index in [1.54, 1.807) is 0 Å². The van der Waals surface area contributed by atoms with Gasteiger partial charge in [-0.2, -0.15) is 0 Å². The van der Waals surface area contributed by atoms with Gasteiger partial charge in [0, 0.05) is 16.4 Å². The van der Waals surface area contributed by atoms with E-state index >= 15 is 0 Å². The van der Waals surface area contributed by atoms with E-state index in [1.807, 2.05) is 12.3 Å². The fourth-order valence-electron chi connectivity index (χ4n) is 0.411. The van der Waals surface area contributed by atoms with E-state index in [4.69, 9.17) is 0 Å². The molecule has 0 bridgehead atoms. The lowest BCUT2D eigenvalue weighted by Gasteiger charge is -1.70. The van der Waals surface area contributed by atoms with Crippen LogP contribution in [0.4, 0.5) is 0 Å². The summed E-state index contributed by atoms with van der Waals surface area (Å²) in [5.41, 5.74) is 0.937. The molecule has 1 N–H and O–H groups in total. The Morgan fingerprint density at radius 3 is 2.57 bits per heavy atom. The third-order valence-corrected chi connectivity index (χ3v) is 1.17. The molecule has 1 aromatic rings. The summed E-state index contributed by atoms with van der Waals surface area (Å²) in [6, 6.07) is 1.92. The van der Waals surface area contributed by atoms with Crippen molar-refractivity contribution in [3.63, 3.8) is 0 Å². The molecule has 1 aromatic heterocycles. The molecule has 0 aliphatic rings. The summed E-state index contributed by atoms with van der Waals surface area (Å²) < 4.78 is 1.05. The van der Waals surface area contributed by atoms with Gasteiger partial charge in [0.05, 0.1) is 0 Å². The van der Waals surface area contributed by atoms with Crippen molar-refractivity contribution in [2.75, 3.05) is 0 Å². The number of H-pyrrole nitrogens is 1. The first kappa shape index (κ1) is 4.91. The maximum absolute atomic E-state index is 3.66. The smallest absolute Gasteiger partial charge is 0.0352 e. The zero-order chi connectivity index (χ0) is 5.28. The van der Waals surface area contributed by atoms with Crippen molar-refractivity contribution in [2.24, 2.45) is 0 Å². The molecule has 1 radical (unpaired) electrons. The molecule has 0 unspecified atom stereocenters. The Hall–Kier alpha value is -0.240. The molecule has 0 atom stereocenters. The highest BCUT2D eigenvalue weighted by Gasteiger charge is 1.84. The van der Waals surface area contributed by atoms with Crippen molar-refractivity contribution in [1.82, 2.24) is 4.98 Å². The molecule has 2 heteroatoms. The number of aromatic nitrogens is 1. The number of hydrogen-bond acceptors (Lipinski definition) is 0. The normalized spacial score (nSPS) is 9.43. The lowest BCUT2D eigenvalue weighted by atomic mass is 10.5. The zero-order valence-corrected chi connectivity index (χ0v) is 5.33. The maximum Gasteiger partial charge on any atom is 0.0352 e. The van der Waals surface area contributed by atoms with E-state index in [2.05, 4.69) is 27.8 Å². The Bertz CT molecular complexity index is 140. The SMILES string of the molecule is [CH2]c1cc(Br)c[nH]1. The summed E-state index contributed by atoms with van der Waals surface area (Å²) in [5, 5.41) is 0. The second kappa shape index (κ2) is 1.70. The van der Waals surface area contributed by atoms with E-state index < -0.39 is 0 Å². The molecular weight excluding hydrogens is 154 g/mol. The Morgan fingerprint density at radius 2 is 2.43 bits per heavy atom. The molecule has 0 aliphatic heterocycles. The molecule has 0 amide bonds. The predicted octanol–water partition coefficient (Wildman–Crippen LogP) is 1.96. The van der Waals surface area contributed by atoms with Crippen molar-refractivity contribution in [3.8, 4) is 0 Å². The fourth-order valence-corrected chi connectivity index (χ4v) is 0.802. The molecule has 1 heterocycles. The van der Waals surface area contributed by atoms with E-state index in [-0.39, 0.29) is 0 Å². The van der Waals surface area contributed by atoms with Gasteiger partial charge in [0.2, 0.25) is 0 Å². The van der Waals surface area contributed by atoms with Crippen LogP contribution in [-0.4, -0.2) is 4.98 Å². The van der Waals surface area contributed by atoms with E-state index in [1.165, 1.54) is 0 Å². The van der Waals surface area contributed by atoms with Gasteiger partial charge in [-0.15, -0.1) is 0 Å². The Balaban J connectivity index is 3.04. The van der Waals surface area contributed by atoms with Crippen LogP contribution >= 0.6 is 15.9 Å². The zero-order valence-electron chi connectivity index (χ0n) is 3.74. The second-order valence-corrected chi connectivity index (χ2v) is 2.26. The molecule has 37 valence electrons. The number of nitrogens with one attached hydrogen (secondary N) is 1. The van der Waals surface area contributed by atoms with Gasteiger partial charge in [0.15, 0.2) is 0 Å². The first-order valence-corrected chi connectivity index (χ1v) is 2.74. The summed E-state index contributed by atoms with van der Waals surface area (Å²) in [6.45, 7) is 3.66. The van der Waals surface area contributed by atoms with Crippen LogP contribution in [0, 0.1) is 6.92 Å². The van der Waals surface area contributed by atoms with Crippen molar-refractivity contribution < 1.29 is 0 Å². The third kappa shape index (κ3) is 1.06. The molecular formula is C5H5BrN. The fraction of sp³-hybridized carbons (Fsp3) is 0. The minimum Gasteiger partial charge on any atom is -0.364 e. The lowest BCUT2D eigenvalue weighted by Crippen LogP contribution is -1.59. The molecule has 0 saturated carbocycles. The molecule has 7 heavy (non-hydrogen) atoms. The Morgan fingerprint density at radius 1 is 1.71 bits per heavy atom. The molecule has 0 aromatic carbocycles. The Labute approximate surface area is 50.9 Å². The van der Waals surface area contributed by atoms with Gasteiger partial charge in [-0.25, -0.2) is 0 Å². The van der Waals surface area contributed by atoms with E-state index in [0.717, 1.165) is 10.2 Å². The number of rotatable bonds is 0. The summed E-state index contributed by atoms with van der Waals surface area (Å²) in [6.07, 6.45) is 1.85. The predicted molar refractivity (Wildman–Crippen MR) is 33.0 cm³/mol. The van der Waals surface area contributed by atoms with Gasteiger partial charge in [-0.3, -0.25) is 0 Å². The van der Waals surface area contributed by atoms with Gasteiger partial charge in [0.25, 0.3) is 0 Å². The molecule has 1 nitrogen and oxygen atoms in total. The van der Waals surface area contributed by atoms with Gasteiger partial charge >= 0.3 is 0 Å². The number of hydrogen-bond donors (Lipinski definition) is 1. The van der Waals surface area contributed by atoms with E-state index in [9.17, 15) is 0 Å². The summed E-state index contributed by atoms with van der Waals surface area (Å²) in [5.74, 6) is 0. The quantitative estimate of drug-likeness (QED) is 0.595. The van der Waals surface area contributed by atoms with Crippen LogP contribution in [-0.2, 0) is 0 Å². The van der Waals surface area contributed by atoms with Crippen molar-refractivity contribution in [2.45, 2.75) is 0 Å². The standard InChI is InChI=1S/C5H5BrN/c1-4-2-5(6)3-7-4/h2-3,7H,1H2. The lowest BCUT2D eigenvalue weighted by molar-refractivity contribution is 1.34. The van der Waals surface area contributed by atoms with Gasteiger partial charge in [0.1, 0.15) is 0 Å². The van der Waals surface area contributed by atoms with Crippen LogP contribution in [0.15, 0.2) is 16.7 Å². The molecule has 0 saturated heterocycles. The number of aromatic amines is 1. The van der Waals surface area contributed by atoms with Crippen molar-refractivity contribution >= 4 is 15.9 Å². The summed E-state index contributed by atoms with van der Waals surface area (Å²) >= 11 is 3.26. The van der Waals surface area contributed by atoms with Crippen LogP contribution in [0.3, 0.4) is 0 Å². The molecule has 0 spiro atoms. The van der Waals surface area contributed by atoms with Crippen LogP contribution in [0.25, 0.3) is 0 Å². The Kier molecular flexibility index (Phi) is 1.19. The highest BCUT2D eigenvalue weighted by molar-refractivity contribution is 9.10. The van der Waals surface area contributed by atoms with Crippen LogP contribution in [0.2, 0.25) is 0 Å². The topological polar surface area (TPSA) is 15.8 Å². The first-order valence-electron chi connectivity index (χ1n) is 1.95. The average Bonchev–Trinajstić information content (AvgIpc) is 1.87. The highest BCUT2D eigenvalue weighted by atomic mass is 79.9. The average molecular weight is 159 g/mol. The van der Waals surface area contributed by atoms with Gasteiger partial charge in [-0.05, 0) is 28.9 Å². The van der Waals surface area contributed by atoms with Crippen molar-refractivity contribution in [1.29, 1.82) is 0 Å². The van der Waals surface area contributed by atoms with Crippen LogP contribution < -0.4 is 0 Å². The molecule has 0 fully saturated rings. The monoisotopic (exact) mass is 158 g/mol. The third-order valence-electron chi connectivity index (χ3n) is 0.708. The second-order valence-electron chi connectivity index (χ2n) is 1.34. The van der Waals surface area contributed by atoms with E-state index in [0.29, 0.717) is 0 Å². The first-order chi connectivity index (χ1) is 3.29. The van der Waals surface area contributed by atoms with Crippen LogP contribution in [0.1, 0.15) is 5.69 Å². The highest BCUT2D eigenvalue weighted by Crippen LogP contribution is 2.08. The minimum absolute atomic E-state index is 0.937. The van der Waals surface area contributed by atoms with Gasteiger partial charge in [-0.1, -0.05) is 0 Å². The molecule has 1 rings (SSSR count). The van der Waals surface area contributed by atoms with Gasteiger partial charge < -0.3 is 4.98 Å². The maximum atomic E-state index is 3.66. The number of halogens is 1. The molecule has 0 aliphatic carbocycles. The summed E-state index contributed by atoms with van der Waals surface area (Å²) in [4.78, 5) is 2.91. The minimum atomic E-state index is 0.937. The largest absolute Gasteiger partial charge is 0.364 e. The van der Waals surface area contributed by atoms with Crippen molar-refractivity contribution in [3.05, 3.63) is 29.4 Å². The van der Waals surface area contributed by atoms with Crippen LogP contribution in [0.5, 0.6) is 0 Å².